The van der Waals surface area contributed by atoms with Crippen LogP contribution in [0.2, 0.25) is 0 Å². The molecule has 6 nitrogen and oxygen atoms in total. The van der Waals surface area contributed by atoms with E-state index in [2.05, 4.69) is 17.9 Å². The summed E-state index contributed by atoms with van der Waals surface area (Å²) in [5.41, 5.74) is 3.68. The number of nitrogens with zero attached hydrogens (tertiary/aromatic N) is 1. The molecule has 7 heteroatoms. The minimum atomic E-state index is -1.14. The van der Waals surface area contributed by atoms with Crippen LogP contribution in [0.1, 0.15) is 61.2 Å². The highest BCUT2D eigenvalue weighted by molar-refractivity contribution is 5.43. The molecule has 1 saturated heterocycles. The van der Waals surface area contributed by atoms with E-state index in [1.165, 1.54) is 0 Å². The Morgan fingerprint density at radius 3 is 2.33 bits per heavy atom. The summed E-state index contributed by atoms with van der Waals surface area (Å²) in [5.74, 6) is 0.500. The maximum Gasteiger partial charge on any atom is 0.180 e. The molecule has 2 fully saturated rings. The molecule has 3 aliphatic rings. The predicted molar refractivity (Wildman–Crippen MR) is 134 cm³/mol. The number of methoxy groups -OCH3 is 2. The largest absolute Gasteiger partial charge is 0.497 e. The summed E-state index contributed by atoms with van der Waals surface area (Å²) in [6, 6.07) is 14.0. The van der Waals surface area contributed by atoms with Gasteiger partial charge in [-0.1, -0.05) is 37.3 Å². The van der Waals surface area contributed by atoms with Gasteiger partial charge in [0.15, 0.2) is 12.1 Å². The molecule has 2 spiro atoms. The van der Waals surface area contributed by atoms with Gasteiger partial charge < -0.3 is 23.7 Å². The van der Waals surface area contributed by atoms with Gasteiger partial charge in [0.1, 0.15) is 5.75 Å². The first-order chi connectivity index (χ1) is 17.5. The normalized spacial score (nSPS) is 23.3. The Kier molecular flexibility index (Phi) is 7.65. The lowest BCUT2D eigenvalue weighted by Gasteiger charge is -2.48. The predicted octanol–water partition coefficient (Wildman–Crippen LogP) is 5.49. The number of ether oxygens (including phenoxy) is 5. The topological polar surface area (TPSA) is 49.4 Å². The van der Waals surface area contributed by atoms with Crippen LogP contribution in [-0.4, -0.2) is 51.3 Å². The van der Waals surface area contributed by atoms with Crippen molar-refractivity contribution in [3.05, 3.63) is 64.7 Å². The maximum atomic E-state index is 16.1. The van der Waals surface area contributed by atoms with Crippen molar-refractivity contribution in [1.82, 2.24) is 4.90 Å². The lowest BCUT2D eigenvalue weighted by molar-refractivity contribution is -0.199. The summed E-state index contributed by atoms with van der Waals surface area (Å²) in [7, 11) is 3.35. The van der Waals surface area contributed by atoms with Crippen molar-refractivity contribution in [3.8, 4) is 5.75 Å². The summed E-state index contributed by atoms with van der Waals surface area (Å²) >= 11 is 0. The lowest BCUT2D eigenvalue weighted by atomic mass is 9.73. The molecule has 36 heavy (non-hydrogen) atoms. The Balaban J connectivity index is 1.30. The second-order valence-electron chi connectivity index (χ2n) is 10.5. The second-order valence-corrected chi connectivity index (χ2v) is 10.5. The van der Waals surface area contributed by atoms with Crippen molar-refractivity contribution < 1.29 is 28.1 Å². The van der Waals surface area contributed by atoms with Crippen LogP contribution in [0.25, 0.3) is 0 Å². The van der Waals surface area contributed by atoms with Crippen LogP contribution in [0.15, 0.2) is 42.5 Å². The number of alkyl halides is 1. The van der Waals surface area contributed by atoms with Crippen LogP contribution in [0.5, 0.6) is 5.75 Å². The van der Waals surface area contributed by atoms with Gasteiger partial charge in [0.05, 0.1) is 40.1 Å². The van der Waals surface area contributed by atoms with Crippen molar-refractivity contribution in [2.45, 2.75) is 63.4 Å². The minimum Gasteiger partial charge on any atom is -0.497 e. The van der Waals surface area contributed by atoms with Crippen LogP contribution < -0.4 is 4.74 Å². The maximum absolute atomic E-state index is 16.1. The Morgan fingerprint density at radius 1 is 0.972 bits per heavy atom. The molecule has 0 N–H and O–H groups in total. The van der Waals surface area contributed by atoms with E-state index in [1.54, 1.807) is 14.2 Å². The summed E-state index contributed by atoms with van der Waals surface area (Å²) in [6.07, 6.45) is 2.01. The van der Waals surface area contributed by atoms with Gasteiger partial charge in [-0.15, -0.1) is 0 Å². The molecule has 0 radical (unpaired) electrons. The van der Waals surface area contributed by atoms with Gasteiger partial charge in [-0.05, 0) is 47.6 Å². The number of halogens is 1. The molecule has 2 aliphatic heterocycles. The fourth-order valence-electron chi connectivity index (χ4n) is 6.15. The third-order valence-corrected chi connectivity index (χ3v) is 8.00. The molecule has 196 valence electrons. The molecule has 5 rings (SSSR count). The molecular formula is C29H38FNO5. The number of hydrogen-bond donors (Lipinski definition) is 0. The van der Waals surface area contributed by atoms with Gasteiger partial charge in [0.25, 0.3) is 0 Å². The molecule has 2 atom stereocenters. The number of hydrogen-bond acceptors (Lipinski definition) is 6. The third-order valence-electron chi connectivity index (χ3n) is 8.00. The van der Waals surface area contributed by atoms with Crippen LogP contribution in [0.3, 0.4) is 0 Å². The number of rotatable bonds is 9. The van der Waals surface area contributed by atoms with Gasteiger partial charge >= 0.3 is 0 Å². The zero-order valence-corrected chi connectivity index (χ0v) is 21.6. The lowest BCUT2D eigenvalue weighted by Crippen LogP contribution is -2.50. The van der Waals surface area contributed by atoms with Gasteiger partial charge in [-0.25, -0.2) is 4.39 Å². The number of fused-ring (bicyclic) bond motifs is 2. The van der Waals surface area contributed by atoms with Crippen molar-refractivity contribution in [2.75, 3.05) is 40.6 Å². The third kappa shape index (κ3) is 4.92. The molecular weight excluding hydrogens is 461 g/mol. The van der Waals surface area contributed by atoms with Crippen LogP contribution >= 0.6 is 0 Å². The monoisotopic (exact) mass is 499 g/mol. The summed E-state index contributed by atoms with van der Waals surface area (Å²) in [5, 5.41) is 0. The molecule has 1 aliphatic carbocycles. The Morgan fingerprint density at radius 2 is 1.67 bits per heavy atom. The first-order valence-corrected chi connectivity index (χ1v) is 13.0. The second kappa shape index (κ2) is 10.8. The van der Waals surface area contributed by atoms with E-state index in [1.807, 2.05) is 36.4 Å². The van der Waals surface area contributed by atoms with Crippen molar-refractivity contribution >= 4 is 0 Å². The van der Waals surface area contributed by atoms with Gasteiger partial charge in [0.2, 0.25) is 0 Å². The van der Waals surface area contributed by atoms with E-state index in [-0.39, 0.29) is 11.5 Å². The van der Waals surface area contributed by atoms with Crippen LogP contribution in [0.4, 0.5) is 4.39 Å². The Labute approximate surface area is 213 Å². The highest BCUT2D eigenvalue weighted by Gasteiger charge is 2.56. The highest BCUT2D eigenvalue weighted by Crippen LogP contribution is 2.56. The zero-order chi connectivity index (χ0) is 25.2. The van der Waals surface area contributed by atoms with Gasteiger partial charge in [-0.3, -0.25) is 4.90 Å². The average Bonchev–Trinajstić information content (AvgIpc) is 3.44. The molecule has 0 amide bonds. The molecule has 1 unspecified atom stereocenters. The van der Waals surface area contributed by atoms with E-state index >= 15 is 4.39 Å². The van der Waals surface area contributed by atoms with E-state index in [9.17, 15) is 0 Å². The molecule has 0 aromatic heterocycles. The molecule has 2 aromatic carbocycles. The average molecular weight is 500 g/mol. The summed E-state index contributed by atoms with van der Waals surface area (Å²) in [4.78, 5) is 2.08. The van der Waals surface area contributed by atoms with E-state index < -0.39 is 12.1 Å². The molecule has 0 bridgehead atoms. The molecule has 2 aromatic rings. The van der Waals surface area contributed by atoms with Crippen molar-refractivity contribution in [1.29, 1.82) is 0 Å². The van der Waals surface area contributed by atoms with Gasteiger partial charge in [-0.2, -0.15) is 0 Å². The van der Waals surface area contributed by atoms with Crippen LogP contribution in [0, 0.1) is 5.92 Å². The first kappa shape index (κ1) is 25.6. The van der Waals surface area contributed by atoms with Crippen molar-refractivity contribution in [2.24, 2.45) is 5.92 Å². The first-order valence-electron chi connectivity index (χ1n) is 13.0. The highest BCUT2D eigenvalue weighted by atomic mass is 19.1. The smallest absolute Gasteiger partial charge is 0.180 e. The standard InChI is InChI=1S/C29H38FNO5/c1-21(18-34-20-22-4-7-24(33-3)8-5-22)17-31-27(30)25-9-6-23(19-32-2)16-26(25)28(31)10-12-29(13-11-28)35-14-15-36-29/h4-9,16,21,27H,10-15,17-20H2,1-3H3/t21-,27?/m1/s1. The Hall–Kier alpha value is -2.03. The quantitative estimate of drug-likeness (QED) is 0.425. The molecule has 2 heterocycles. The van der Waals surface area contributed by atoms with Gasteiger partial charge in [0, 0.05) is 37.6 Å². The molecule has 1 saturated carbocycles. The van der Waals surface area contributed by atoms with E-state index in [0.717, 1.165) is 53.7 Å². The van der Waals surface area contributed by atoms with Crippen LogP contribution in [-0.2, 0) is 37.7 Å². The SMILES string of the molecule is COCc1ccc2c(c1)C1(CCC3(CC1)OCCO3)N(C[C@@H](C)COCc1ccc(OC)cc1)C2F. The van der Waals surface area contributed by atoms with E-state index in [4.69, 9.17) is 23.7 Å². The Bertz CT molecular complexity index is 1010. The zero-order valence-electron chi connectivity index (χ0n) is 21.6. The fraction of sp³-hybridized carbons (Fsp3) is 0.586. The van der Waals surface area contributed by atoms with Crippen molar-refractivity contribution in [3.63, 3.8) is 0 Å². The fourth-order valence-corrected chi connectivity index (χ4v) is 6.15. The summed E-state index contributed by atoms with van der Waals surface area (Å²) in [6.45, 7) is 5.64. The van der Waals surface area contributed by atoms with E-state index in [0.29, 0.717) is 39.6 Å². The number of benzene rings is 2. The minimum absolute atomic E-state index is 0.168. The summed E-state index contributed by atoms with van der Waals surface area (Å²) < 4.78 is 44.7.